The van der Waals surface area contributed by atoms with Crippen LogP contribution in [0.25, 0.3) is 10.9 Å². The summed E-state index contributed by atoms with van der Waals surface area (Å²) < 4.78 is 13.5. The molecule has 9 nitrogen and oxygen atoms in total. The maximum atomic E-state index is 12.5. The van der Waals surface area contributed by atoms with Gasteiger partial charge in [0, 0.05) is 37.9 Å². The highest BCUT2D eigenvalue weighted by atomic mass is 16.6. The van der Waals surface area contributed by atoms with Gasteiger partial charge in [-0.3, -0.25) is 19.6 Å². The Balaban J connectivity index is 1.47. The van der Waals surface area contributed by atoms with E-state index >= 15 is 0 Å². The number of amides is 3. The van der Waals surface area contributed by atoms with Crippen molar-refractivity contribution < 1.29 is 23.9 Å². The van der Waals surface area contributed by atoms with E-state index in [0.717, 1.165) is 23.7 Å². The van der Waals surface area contributed by atoms with Gasteiger partial charge in [-0.05, 0) is 46.1 Å². The molecule has 1 aromatic heterocycles. The molecule has 2 saturated heterocycles. The van der Waals surface area contributed by atoms with Gasteiger partial charge in [-0.2, -0.15) is 5.10 Å². The molecule has 178 valence electrons. The largest absolute Gasteiger partial charge is 0.491 e. The minimum atomic E-state index is -0.518. The zero-order chi connectivity index (χ0) is 23.8. The average molecular weight is 457 g/mol. The Bertz CT molecular complexity index is 1070. The second-order valence-electron chi connectivity index (χ2n) is 9.91. The number of imide groups is 1. The summed E-state index contributed by atoms with van der Waals surface area (Å²) in [5, 5.41) is 7.87. The maximum absolute atomic E-state index is 12.5. The molecule has 0 spiro atoms. The van der Waals surface area contributed by atoms with Crippen molar-refractivity contribution in [1.82, 2.24) is 20.0 Å². The molecular weight excluding hydrogens is 424 g/mol. The van der Waals surface area contributed by atoms with Gasteiger partial charge < -0.3 is 14.4 Å². The number of hydrogen-bond donors (Lipinski definition) is 1. The number of nitrogens with one attached hydrogen (secondary N) is 1. The molecule has 2 aliphatic heterocycles. The molecule has 0 bridgehead atoms. The number of fused-ring (bicyclic) bond motifs is 1. The first-order chi connectivity index (χ1) is 15.6. The standard InChI is InChI=1S/C24H32N4O5/c1-24(2,3)33-23(31)28-12-6-7-15(13-28)14-32-18-9-5-8-16-20(26-27(4)21(16)18)17-10-11-19(29)25-22(17)30/h5,8-9,15,17H,6-7,10-14H2,1-4H3,(H,25,29,30)/t15-,17?/m0/s1. The SMILES string of the molecule is Cn1nc(C2CCC(=O)NC2=O)c2cccc(OC[C@H]3CCCN(C(=O)OC(C)(C)C)C3)c21. The lowest BCUT2D eigenvalue weighted by Gasteiger charge is -2.34. The second kappa shape index (κ2) is 9.03. The summed E-state index contributed by atoms with van der Waals surface area (Å²) in [6.07, 6.45) is 2.35. The zero-order valence-corrected chi connectivity index (χ0v) is 19.7. The minimum Gasteiger partial charge on any atom is -0.491 e. The van der Waals surface area contributed by atoms with E-state index < -0.39 is 11.5 Å². The highest BCUT2D eigenvalue weighted by molar-refractivity contribution is 6.02. The summed E-state index contributed by atoms with van der Waals surface area (Å²) in [7, 11) is 1.83. The molecule has 0 saturated carbocycles. The Morgan fingerprint density at radius 1 is 1.24 bits per heavy atom. The summed E-state index contributed by atoms with van der Waals surface area (Å²) in [4.78, 5) is 38.1. The van der Waals surface area contributed by atoms with Crippen LogP contribution in [0.15, 0.2) is 18.2 Å². The first-order valence-electron chi connectivity index (χ1n) is 11.5. The van der Waals surface area contributed by atoms with Gasteiger partial charge in [-0.25, -0.2) is 4.79 Å². The Labute approximate surface area is 193 Å². The number of piperidine rings is 2. The molecule has 1 N–H and O–H groups in total. The van der Waals surface area contributed by atoms with E-state index in [2.05, 4.69) is 10.4 Å². The van der Waals surface area contributed by atoms with Crippen molar-refractivity contribution in [1.29, 1.82) is 0 Å². The smallest absolute Gasteiger partial charge is 0.410 e. The van der Waals surface area contributed by atoms with Gasteiger partial charge in [0.1, 0.15) is 16.9 Å². The lowest BCUT2D eigenvalue weighted by molar-refractivity contribution is -0.134. The Hall–Kier alpha value is -3.10. The number of aryl methyl sites for hydroxylation is 1. The molecule has 1 aromatic carbocycles. The van der Waals surface area contributed by atoms with Gasteiger partial charge in [-0.15, -0.1) is 0 Å². The van der Waals surface area contributed by atoms with Gasteiger partial charge in [-0.1, -0.05) is 12.1 Å². The van der Waals surface area contributed by atoms with Gasteiger partial charge in [0.25, 0.3) is 0 Å². The van der Waals surface area contributed by atoms with Gasteiger partial charge in [0.2, 0.25) is 11.8 Å². The van der Waals surface area contributed by atoms with Crippen LogP contribution in [0.4, 0.5) is 4.79 Å². The summed E-state index contributed by atoms with van der Waals surface area (Å²) in [5.41, 5.74) is 0.962. The van der Waals surface area contributed by atoms with Crippen molar-refractivity contribution >= 4 is 28.8 Å². The summed E-state index contributed by atoms with van der Waals surface area (Å²) in [6.45, 7) is 7.36. The Kier molecular flexibility index (Phi) is 6.32. The number of benzene rings is 1. The molecule has 3 amide bonds. The van der Waals surface area contributed by atoms with E-state index in [0.29, 0.717) is 44.0 Å². The van der Waals surface area contributed by atoms with Crippen LogP contribution in [0, 0.1) is 5.92 Å². The molecule has 2 aromatic rings. The molecule has 9 heteroatoms. The van der Waals surface area contributed by atoms with Crippen molar-refractivity contribution in [2.75, 3.05) is 19.7 Å². The lowest BCUT2D eigenvalue weighted by atomic mass is 9.93. The van der Waals surface area contributed by atoms with Crippen molar-refractivity contribution in [3.63, 3.8) is 0 Å². The lowest BCUT2D eigenvalue weighted by Crippen LogP contribution is -2.44. The number of ether oxygens (including phenoxy) is 2. The number of rotatable bonds is 4. The molecular formula is C24H32N4O5. The summed E-state index contributed by atoms with van der Waals surface area (Å²) in [6, 6.07) is 5.72. The van der Waals surface area contributed by atoms with E-state index in [9.17, 15) is 14.4 Å². The first-order valence-corrected chi connectivity index (χ1v) is 11.5. The molecule has 3 heterocycles. The number of hydrogen-bond acceptors (Lipinski definition) is 6. The van der Waals surface area contributed by atoms with Gasteiger partial charge in [0.15, 0.2) is 0 Å². The number of nitrogens with zero attached hydrogens (tertiary/aromatic N) is 3. The predicted molar refractivity (Wildman–Crippen MR) is 122 cm³/mol. The van der Waals surface area contributed by atoms with E-state index in [1.165, 1.54) is 0 Å². The van der Waals surface area contributed by atoms with Crippen molar-refractivity contribution in [2.45, 2.75) is 58.0 Å². The van der Waals surface area contributed by atoms with Crippen LogP contribution in [0.1, 0.15) is 58.1 Å². The molecule has 4 rings (SSSR count). The van der Waals surface area contributed by atoms with Crippen LogP contribution in [-0.2, 0) is 21.4 Å². The first kappa shape index (κ1) is 23.1. The van der Waals surface area contributed by atoms with E-state index in [1.807, 2.05) is 46.0 Å². The number of aromatic nitrogens is 2. The molecule has 2 fully saturated rings. The summed E-state index contributed by atoms with van der Waals surface area (Å²) >= 11 is 0. The number of likely N-dealkylation sites (tertiary alicyclic amines) is 1. The third kappa shape index (κ3) is 5.12. The average Bonchev–Trinajstić information content (AvgIpc) is 3.08. The monoisotopic (exact) mass is 456 g/mol. The maximum Gasteiger partial charge on any atom is 0.410 e. The fourth-order valence-corrected chi connectivity index (χ4v) is 4.56. The second-order valence-corrected chi connectivity index (χ2v) is 9.91. The van der Waals surface area contributed by atoms with E-state index in [4.69, 9.17) is 9.47 Å². The van der Waals surface area contributed by atoms with E-state index in [-0.39, 0.29) is 23.8 Å². The van der Waals surface area contributed by atoms with Crippen LogP contribution in [0.2, 0.25) is 0 Å². The Morgan fingerprint density at radius 3 is 2.76 bits per heavy atom. The molecule has 0 radical (unpaired) electrons. The third-order valence-corrected chi connectivity index (χ3v) is 6.07. The molecule has 2 atom stereocenters. The number of para-hydroxylation sites is 1. The van der Waals surface area contributed by atoms with Crippen molar-refractivity contribution in [2.24, 2.45) is 13.0 Å². The zero-order valence-electron chi connectivity index (χ0n) is 19.7. The third-order valence-electron chi connectivity index (χ3n) is 6.07. The van der Waals surface area contributed by atoms with Crippen LogP contribution in [0.3, 0.4) is 0 Å². The highest BCUT2D eigenvalue weighted by Crippen LogP contribution is 2.34. The fourth-order valence-electron chi connectivity index (χ4n) is 4.56. The molecule has 2 aliphatic rings. The van der Waals surface area contributed by atoms with Crippen molar-refractivity contribution in [3.8, 4) is 5.75 Å². The number of carbonyl (C=O) groups is 3. The highest BCUT2D eigenvalue weighted by Gasteiger charge is 2.32. The van der Waals surface area contributed by atoms with Crippen LogP contribution in [-0.4, -0.2) is 57.9 Å². The topological polar surface area (TPSA) is 103 Å². The van der Waals surface area contributed by atoms with Gasteiger partial charge >= 0.3 is 6.09 Å². The number of carbonyl (C=O) groups excluding carboxylic acids is 3. The quantitative estimate of drug-likeness (QED) is 0.709. The van der Waals surface area contributed by atoms with Crippen LogP contribution in [0.5, 0.6) is 5.75 Å². The minimum absolute atomic E-state index is 0.198. The predicted octanol–water partition coefficient (Wildman–Crippen LogP) is 3.12. The molecule has 33 heavy (non-hydrogen) atoms. The normalized spacial score (nSPS) is 21.8. The van der Waals surface area contributed by atoms with Gasteiger partial charge in [0.05, 0.1) is 18.2 Å². The van der Waals surface area contributed by atoms with E-state index in [1.54, 1.807) is 9.58 Å². The Morgan fingerprint density at radius 2 is 2.03 bits per heavy atom. The van der Waals surface area contributed by atoms with Crippen molar-refractivity contribution in [3.05, 3.63) is 23.9 Å². The van der Waals surface area contributed by atoms with Crippen LogP contribution >= 0.6 is 0 Å². The molecule has 0 aliphatic carbocycles. The summed E-state index contributed by atoms with van der Waals surface area (Å²) in [5.74, 6) is -0.113. The van der Waals surface area contributed by atoms with Crippen LogP contribution < -0.4 is 10.1 Å². The fraction of sp³-hybridized carbons (Fsp3) is 0.583. The molecule has 1 unspecified atom stereocenters.